The van der Waals surface area contributed by atoms with Gasteiger partial charge in [0, 0.05) is 29.8 Å². The van der Waals surface area contributed by atoms with Crippen LogP contribution in [0.1, 0.15) is 46.9 Å². The van der Waals surface area contributed by atoms with Crippen molar-refractivity contribution in [3.05, 3.63) is 102 Å². The van der Waals surface area contributed by atoms with Gasteiger partial charge in [-0.25, -0.2) is 0 Å². The van der Waals surface area contributed by atoms with Gasteiger partial charge < -0.3 is 9.64 Å². The second kappa shape index (κ2) is 9.40. The Bertz CT molecular complexity index is 978. The summed E-state index contributed by atoms with van der Waals surface area (Å²) < 4.78 is 6.15. The van der Waals surface area contributed by atoms with E-state index in [9.17, 15) is 9.59 Å². The fourth-order valence-electron chi connectivity index (χ4n) is 3.75. The van der Waals surface area contributed by atoms with Crippen LogP contribution in [0.15, 0.2) is 84.9 Å². The van der Waals surface area contributed by atoms with Crippen molar-refractivity contribution < 1.29 is 14.3 Å². The molecule has 0 N–H and O–H groups in total. The molecule has 4 nitrogen and oxygen atoms in total. The van der Waals surface area contributed by atoms with E-state index in [1.165, 1.54) is 0 Å². The third-order valence-corrected chi connectivity index (χ3v) is 5.40. The van der Waals surface area contributed by atoms with Gasteiger partial charge in [-0.3, -0.25) is 9.59 Å². The molecule has 3 aromatic rings. The quantitative estimate of drug-likeness (QED) is 0.545. The molecule has 0 radical (unpaired) electrons. The summed E-state index contributed by atoms with van der Waals surface area (Å²) in [4.78, 5) is 27.7. The van der Waals surface area contributed by atoms with E-state index in [4.69, 9.17) is 4.74 Å². The van der Waals surface area contributed by atoms with Gasteiger partial charge in [-0.05, 0) is 43.5 Å². The Hall–Kier alpha value is -3.40. The smallest absolute Gasteiger partial charge is 0.268 e. The molecule has 0 spiro atoms. The fourth-order valence-corrected chi connectivity index (χ4v) is 3.75. The van der Waals surface area contributed by atoms with Crippen molar-refractivity contribution in [1.29, 1.82) is 0 Å². The molecule has 0 bridgehead atoms. The second-order valence-electron chi connectivity index (χ2n) is 7.51. The fraction of sp³-hybridized carbons (Fsp3) is 0.231. The lowest BCUT2D eigenvalue weighted by molar-refractivity contribution is -0.140. The highest BCUT2D eigenvalue weighted by atomic mass is 16.5. The maximum absolute atomic E-state index is 13.2. The zero-order chi connectivity index (χ0) is 20.8. The Balaban J connectivity index is 1.54. The number of ether oxygens (including phenoxy) is 1. The van der Waals surface area contributed by atoms with Crippen LogP contribution in [0.5, 0.6) is 5.75 Å². The number of likely N-dealkylation sites (tertiary alicyclic amines) is 1. The van der Waals surface area contributed by atoms with Crippen LogP contribution in [-0.4, -0.2) is 29.7 Å². The van der Waals surface area contributed by atoms with Crippen molar-refractivity contribution >= 4 is 11.7 Å². The van der Waals surface area contributed by atoms with Crippen LogP contribution in [0.4, 0.5) is 0 Å². The van der Waals surface area contributed by atoms with E-state index in [0.29, 0.717) is 16.9 Å². The van der Waals surface area contributed by atoms with E-state index in [1.807, 2.05) is 53.4 Å². The summed E-state index contributed by atoms with van der Waals surface area (Å²) in [5, 5.41) is 0. The van der Waals surface area contributed by atoms with Gasteiger partial charge in [-0.15, -0.1) is 0 Å². The van der Waals surface area contributed by atoms with Crippen LogP contribution in [0.25, 0.3) is 0 Å². The van der Waals surface area contributed by atoms with Gasteiger partial charge in [0.15, 0.2) is 5.78 Å². The van der Waals surface area contributed by atoms with Gasteiger partial charge in [0.2, 0.25) is 6.10 Å². The molecule has 0 saturated carbocycles. The second-order valence-corrected chi connectivity index (χ2v) is 7.51. The molecule has 0 unspecified atom stereocenters. The zero-order valence-electron chi connectivity index (χ0n) is 16.9. The Morgan fingerprint density at radius 1 is 0.700 bits per heavy atom. The first kappa shape index (κ1) is 19.9. The highest BCUT2D eigenvalue weighted by Gasteiger charge is 2.28. The van der Waals surface area contributed by atoms with Crippen molar-refractivity contribution in [2.24, 2.45) is 0 Å². The molecule has 1 aliphatic rings. The lowest BCUT2D eigenvalue weighted by Crippen LogP contribution is -2.40. The van der Waals surface area contributed by atoms with Crippen LogP contribution < -0.4 is 4.74 Å². The van der Waals surface area contributed by atoms with Crippen LogP contribution >= 0.6 is 0 Å². The molecule has 4 heteroatoms. The Morgan fingerprint density at radius 3 is 1.90 bits per heavy atom. The molecule has 1 fully saturated rings. The molecule has 0 aliphatic carbocycles. The average Bonchev–Trinajstić information content (AvgIpc) is 2.84. The number of ketones is 1. The van der Waals surface area contributed by atoms with Gasteiger partial charge in [-0.2, -0.15) is 0 Å². The number of carbonyl (C=O) groups excluding carboxylic acids is 2. The van der Waals surface area contributed by atoms with E-state index in [2.05, 4.69) is 0 Å². The largest absolute Gasteiger partial charge is 0.476 e. The first-order chi connectivity index (χ1) is 14.7. The van der Waals surface area contributed by atoms with Crippen LogP contribution in [0, 0.1) is 0 Å². The zero-order valence-corrected chi connectivity index (χ0v) is 16.9. The van der Waals surface area contributed by atoms with Gasteiger partial charge in [0.05, 0.1) is 0 Å². The molecule has 152 valence electrons. The van der Waals surface area contributed by atoms with E-state index in [-0.39, 0.29) is 11.7 Å². The molecule has 30 heavy (non-hydrogen) atoms. The molecule has 1 amide bonds. The van der Waals surface area contributed by atoms with E-state index >= 15 is 0 Å². The van der Waals surface area contributed by atoms with Crippen LogP contribution in [0.2, 0.25) is 0 Å². The topological polar surface area (TPSA) is 46.6 Å². The predicted molar refractivity (Wildman–Crippen MR) is 117 cm³/mol. The molecule has 0 aromatic heterocycles. The van der Waals surface area contributed by atoms with Crippen molar-refractivity contribution in [3.8, 4) is 5.75 Å². The van der Waals surface area contributed by atoms with Crippen LogP contribution in [-0.2, 0) is 4.79 Å². The summed E-state index contributed by atoms with van der Waals surface area (Å²) in [6, 6.07) is 25.8. The number of hydrogen-bond donors (Lipinski definition) is 0. The molecular weight excluding hydrogens is 374 g/mol. The first-order valence-electron chi connectivity index (χ1n) is 10.4. The number of rotatable bonds is 6. The highest BCUT2D eigenvalue weighted by Crippen LogP contribution is 2.26. The van der Waals surface area contributed by atoms with Crippen LogP contribution in [0.3, 0.4) is 0 Å². The molecule has 3 aromatic carbocycles. The Morgan fingerprint density at radius 2 is 1.27 bits per heavy atom. The summed E-state index contributed by atoms with van der Waals surface area (Å²) in [5.41, 5.74) is 2.07. The van der Waals surface area contributed by atoms with Gasteiger partial charge in [-0.1, -0.05) is 60.7 Å². The third-order valence-electron chi connectivity index (χ3n) is 5.40. The predicted octanol–water partition coefficient (Wildman–Crippen LogP) is 5.05. The number of piperidine rings is 1. The van der Waals surface area contributed by atoms with Gasteiger partial charge >= 0.3 is 0 Å². The van der Waals surface area contributed by atoms with Crippen molar-refractivity contribution in [3.63, 3.8) is 0 Å². The number of amides is 1. The molecule has 4 rings (SSSR count). The number of carbonyl (C=O) groups is 2. The van der Waals surface area contributed by atoms with Gasteiger partial charge in [0.25, 0.3) is 5.91 Å². The maximum atomic E-state index is 13.2. The monoisotopic (exact) mass is 399 g/mol. The molecule has 1 aliphatic heterocycles. The lowest BCUT2D eigenvalue weighted by Gasteiger charge is -2.30. The minimum Gasteiger partial charge on any atom is -0.476 e. The average molecular weight is 399 g/mol. The summed E-state index contributed by atoms with van der Waals surface area (Å²) in [7, 11) is 0. The van der Waals surface area contributed by atoms with E-state index < -0.39 is 6.10 Å². The SMILES string of the molecule is O=C(c1ccccc1)c1ccc(O[C@@H](C(=O)N2CCCCC2)c2ccccc2)cc1. The first-order valence-corrected chi connectivity index (χ1v) is 10.4. The van der Waals surface area contributed by atoms with E-state index in [0.717, 1.165) is 37.9 Å². The standard InChI is InChI=1S/C26H25NO3/c28-24(20-10-4-1-5-11-20)21-14-16-23(17-15-21)30-25(22-12-6-2-7-13-22)26(29)27-18-8-3-9-19-27/h1-2,4-7,10-17,25H,3,8-9,18-19H2/t25-/m1/s1. The van der Waals surface area contributed by atoms with Crippen molar-refractivity contribution in [2.45, 2.75) is 25.4 Å². The molecule has 1 saturated heterocycles. The molecular formula is C26H25NO3. The lowest BCUT2D eigenvalue weighted by atomic mass is 10.0. The Kier molecular flexibility index (Phi) is 6.23. The minimum atomic E-state index is -0.694. The van der Waals surface area contributed by atoms with Crippen molar-refractivity contribution in [1.82, 2.24) is 4.90 Å². The summed E-state index contributed by atoms with van der Waals surface area (Å²) in [5.74, 6) is 0.523. The number of nitrogens with zero attached hydrogens (tertiary/aromatic N) is 1. The van der Waals surface area contributed by atoms with Crippen molar-refractivity contribution in [2.75, 3.05) is 13.1 Å². The highest BCUT2D eigenvalue weighted by molar-refractivity contribution is 6.09. The maximum Gasteiger partial charge on any atom is 0.268 e. The Labute approximate surface area is 177 Å². The normalized spacial score (nSPS) is 14.7. The number of benzene rings is 3. The third kappa shape index (κ3) is 4.60. The minimum absolute atomic E-state index is 0.00895. The van der Waals surface area contributed by atoms with Gasteiger partial charge in [0.1, 0.15) is 5.75 Å². The molecule has 1 atom stereocenters. The number of hydrogen-bond acceptors (Lipinski definition) is 3. The summed E-state index contributed by atoms with van der Waals surface area (Å²) in [6.45, 7) is 1.55. The van der Waals surface area contributed by atoms with E-state index in [1.54, 1.807) is 36.4 Å². The summed E-state index contributed by atoms with van der Waals surface area (Å²) >= 11 is 0. The summed E-state index contributed by atoms with van der Waals surface area (Å²) in [6.07, 6.45) is 2.53. The molecule has 1 heterocycles.